The standard InChI is InChI=1S/C18H25N2O3.C12H24NO2.Y/c1-13(2)11-15(19)17(21)20-10-6-9-16(20)18(22)23-12-14-7-4-3-5-8-14;1-8(2)5-6-10(14)7-11(15)12(13)9(3)4;/h3-5,7-8,13,15-16,19H,6,9-12H2,1-2H3;5,8-9,11-12,15H,6-7,13H2,1-4H3;/q2*-1;/t15-,16-;11-,12+;/m00./s1. The molecule has 1 aromatic rings. The van der Waals surface area contributed by atoms with Gasteiger partial charge < -0.3 is 37.4 Å². The number of nitrogens with one attached hydrogen (secondary N) is 1. The Morgan fingerprint density at radius 1 is 1.13 bits per heavy atom. The second-order valence-electron chi connectivity index (χ2n) is 11.3. The van der Waals surface area contributed by atoms with E-state index >= 15 is 0 Å². The number of aliphatic hydroxyl groups excluding tert-OH is 1. The predicted molar refractivity (Wildman–Crippen MR) is 151 cm³/mol. The van der Waals surface area contributed by atoms with Gasteiger partial charge in [0, 0.05) is 51.7 Å². The van der Waals surface area contributed by atoms with E-state index in [-0.39, 0.29) is 81.3 Å². The smallest absolute Gasteiger partial charge is 0.329 e. The molecule has 1 aliphatic rings. The summed E-state index contributed by atoms with van der Waals surface area (Å²) in [7, 11) is 0. The number of hydrogen-bond acceptors (Lipinski definition) is 6. The number of carbonyl (C=O) groups excluding carboxylic acids is 3. The van der Waals surface area contributed by atoms with Crippen molar-refractivity contribution in [3.8, 4) is 0 Å². The monoisotopic (exact) mass is 620 g/mol. The maximum absolute atomic E-state index is 12.4. The Morgan fingerprint density at radius 3 is 2.28 bits per heavy atom. The number of ketones is 1. The van der Waals surface area contributed by atoms with Crippen LogP contribution in [0.2, 0.25) is 0 Å². The zero-order valence-corrected chi connectivity index (χ0v) is 27.5. The van der Waals surface area contributed by atoms with Crippen LogP contribution in [0.4, 0.5) is 0 Å². The Labute approximate surface area is 260 Å². The zero-order valence-electron chi connectivity index (χ0n) is 24.6. The number of aliphatic hydroxyl groups is 1. The van der Waals surface area contributed by atoms with E-state index in [0.717, 1.165) is 12.0 Å². The van der Waals surface area contributed by atoms with Crippen molar-refractivity contribution in [2.24, 2.45) is 23.5 Å². The predicted octanol–water partition coefficient (Wildman–Crippen LogP) is 4.73. The largest absolute Gasteiger partial charge is 0.667 e. The molecule has 1 saturated heterocycles. The van der Waals surface area contributed by atoms with Crippen LogP contribution in [0.3, 0.4) is 0 Å². The molecular weight excluding hydrogens is 571 g/mol. The molecule has 0 saturated carbocycles. The topological polar surface area (TPSA) is 134 Å². The summed E-state index contributed by atoms with van der Waals surface area (Å²) in [5.74, 6) is 0.334. The number of Topliss-reactive ketones (excluding diaryl/α,β-unsaturated/α-hetero) is 1. The van der Waals surface area contributed by atoms with Gasteiger partial charge in [0.25, 0.3) is 0 Å². The number of rotatable bonds is 13. The van der Waals surface area contributed by atoms with E-state index in [9.17, 15) is 19.5 Å². The first kappa shape index (κ1) is 37.8. The fourth-order valence-corrected chi connectivity index (χ4v) is 4.14. The second-order valence-corrected chi connectivity index (χ2v) is 11.3. The Balaban J connectivity index is 0.000000792. The van der Waals surface area contributed by atoms with E-state index in [4.69, 9.17) is 16.2 Å². The summed E-state index contributed by atoms with van der Waals surface area (Å²) in [6.45, 7) is 12.7. The van der Waals surface area contributed by atoms with Crippen LogP contribution in [-0.4, -0.2) is 58.4 Å². The van der Waals surface area contributed by atoms with Gasteiger partial charge in [-0.25, -0.2) is 4.79 Å². The minimum absolute atomic E-state index is 0. The van der Waals surface area contributed by atoms with E-state index in [2.05, 4.69) is 0 Å². The Bertz CT molecular complexity index is 850. The molecule has 0 spiro atoms. The van der Waals surface area contributed by atoms with Crippen LogP contribution in [0, 0.1) is 24.2 Å². The van der Waals surface area contributed by atoms with E-state index in [1.54, 1.807) is 0 Å². The zero-order chi connectivity index (χ0) is 28.8. The van der Waals surface area contributed by atoms with Gasteiger partial charge in [-0.05, 0) is 30.2 Å². The second kappa shape index (κ2) is 19.8. The molecule has 0 bridgehead atoms. The molecule has 1 radical (unpaired) electrons. The average Bonchev–Trinajstić information content (AvgIpc) is 3.35. The minimum Gasteiger partial charge on any atom is -0.667 e. The molecule has 1 amide bonds. The van der Waals surface area contributed by atoms with Crippen molar-refractivity contribution in [3.63, 3.8) is 0 Å². The molecule has 4 N–H and O–H groups in total. The summed E-state index contributed by atoms with van der Waals surface area (Å²) in [6, 6.07) is 7.85. The van der Waals surface area contributed by atoms with Crippen LogP contribution in [0.15, 0.2) is 30.3 Å². The molecule has 9 heteroatoms. The van der Waals surface area contributed by atoms with Gasteiger partial charge in [0.15, 0.2) is 0 Å². The Kier molecular flexibility index (Phi) is 19.2. The number of hydrogen-bond donors (Lipinski definition) is 2. The fourth-order valence-electron chi connectivity index (χ4n) is 4.14. The summed E-state index contributed by atoms with van der Waals surface area (Å²) in [6.07, 6.45) is 3.76. The summed E-state index contributed by atoms with van der Waals surface area (Å²) in [4.78, 5) is 37.7. The van der Waals surface area contributed by atoms with Gasteiger partial charge >= 0.3 is 5.97 Å². The number of benzene rings is 1. The molecule has 4 atom stereocenters. The summed E-state index contributed by atoms with van der Waals surface area (Å²) >= 11 is 0. The summed E-state index contributed by atoms with van der Waals surface area (Å²) in [5, 5.41) is 9.66. The first-order valence-electron chi connectivity index (χ1n) is 13.8. The molecule has 2 rings (SSSR count). The molecule has 0 unspecified atom stereocenters. The third-order valence-corrected chi connectivity index (χ3v) is 6.50. The average molecular weight is 621 g/mol. The van der Waals surface area contributed by atoms with Gasteiger partial charge in [-0.2, -0.15) is 5.92 Å². The number of amides is 1. The summed E-state index contributed by atoms with van der Waals surface area (Å²) in [5.41, 5.74) is 14.7. The first-order chi connectivity index (χ1) is 17.8. The first-order valence-corrected chi connectivity index (χ1v) is 13.8. The van der Waals surface area contributed by atoms with Crippen LogP contribution < -0.4 is 5.73 Å². The quantitative estimate of drug-likeness (QED) is 0.242. The normalized spacial score (nSPS) is 17.2. The van der Waals surface area contributed by atoms with Crippen LogP contribution in [-0.2, 0) is 58.4 Å². The van der Waals surface area contributed by atoms with Gasteiger partial charge in [-0.3, -0.25) is 4.79 Å². The maximum Gasteiger partial charge on any atom is 0.329 e. The van der Waals surface area contributed by atoms with E-state index < -0.39 is 18.2 Å². The van der Waals surface area contributed by atoms with Crippen molar-refractivity contribution in [1.82, 2.24) is 4.90 Å². The van der Waals surface area contributed by atoms with Crippen molar-refractivity contribution in [3.05, 3.63) is 48.0 Å². The van der Waals surface area contributed by atoms with E-state index in [0.29, 0.717) is 31.7 Å². The van der Waals surface area contributed by atoms with Crippen molar-refractivity contribution in [2.45, 2.75) is 104 Å². The van der Waals surface area contributed by atoms with Gasteiger partial charge in [0.05, 0.1) is 6.10 Å². The SMILES string of the molecule is CC(C)C[C@H]([NH-])C(=O)N1CCC[C@H]1C(=O)OCc1ccccc1.CC(C)[CH-]CC(=O)C[C@H](O)[C@H](N)C(C)C.[Y]. The van der Waals surface area contributed by atoms with Crippen LogP contribution in [0.1, 0.15) is 79.2 Å². The fraction of sp³-hybridized carbons (Fsp3) is 0.667. The molecule has 1 fully saturated rings. The molecule has 8 nitrogen and oxygen atoms in total. The number of nitrogens with two attached hydrogens (primary N) is 1. The van der Waals surface area contributed by atoms with Crippen molar-refractivity contribution < 1.29 is 56.9 Å². The Morgan fingerprint density at radius 2 is 1.74 bits per heavy atom. The maximum atomic E-state index is 12.4. The van der Waals surface area contributed by atoms with Crippen LogP contribution >= 0.6 is 0 Å². The molecule has 1 aromatic carbocycles. The molecule has 1 heterocycles. The van der Waals surface area contributed by atoms with Crippen molar-refractivity contribution >= 4 is 17.7 Å². The number of ether oxygens (including phenoxy) is 1. The summed E-state index contributed by atoms with van der Waals surface area (Å²) < 4.78 is 5.36. The van der Waals surface area contributed by atoms with Crippen molar-refractivity contribution in [2.75, 3.05) is 6.54 Å². The van der Waals surface area contributed by atoms with Crippen LogP contribution in [0.25, 0.3) is 5.73 Å². The number of nitrogens with zero attached hydrogens (tertiary/aromatic N) is 1. The third-order valence-electron chi connectivity index (χ3n) is 6.50. The van der Waals surface area contributed by atoms with E-state index in [1.165, 1.54) is 4.90 Å². The number of carbonyl (C=O) groups is 3. The minimum atomic E-state index is -0.794. The van der Waals surface area contributed by atoms with Gasteiger partial charge in [0.1, 0.15) is 18.4 Å². The number of likely N-dealkylation sites (tertiary alicyclic amines) is 1. The van der Waals surface area contributed by atoms with Gasteiger partial charge in [-0.1, -0.05) is 84.3 Å². The molecule has 39 heavy (non-hydrogen) atoms. The molecular formula is C30H49N3O5Y-2. The molecule has 219 valence electrons. The van der Waals surface area contributed by atoms with Crippen LogP contribution in [0.5, 0.6) is 0 Å². The van der Waals surface area contributed by atoms with Gasteiger partial charge in [-0.15, -0.1) is 6.42 Å². The van der Waals surface area contributed by atoms with E-state index in [1.807, 2.05) is 78.3 Å². The molecule has 0 aromatic heterocycles. The van der Waals surface area contributed by atoms with Gasteiger partial charge in [0.2, 0.25) is 5.91 Å². The Hall–Kier alpha value is -1.19. The molecule has 0 aliphatic carbocycles. The molecule has 1 aliphatic heterocycles. The third kappa shape index (κ3) is 14.9. The number of esters is 1. The van der Waals surface area contributed by atoms with Crippen molar-refractivity contribution in [1.29, 1.82) is 0 Å².